The smallest absolute Gasteiger partial charge is 0.318 e. The Labute approximate surface area is 136 Å². The van der Waals surface area contributed by atoms with Crippen LogP contribution in [0.4, 0.5) is 0 Å². The molecule has 0 fully saturated rings. The van der Waals surface area contributed by atoms with Crippen LogP contribution in [0.2, 0.25) is 0 Å². The van der Waals surface area contributed by atoms with Gasteiger partial charge in [-0.2, -0.15) is 0 Å². The number of amides is 3. The maximum atomic E-state index is 11.7. The number of carbonyl (C=O) groups excluding carboxylic acids is 3. The normalized spacial score (nSPS) is 13.2. The van der Waals surface area contributed by atoms with E-state index in [-0.39, 0.29) is 24.9 Å². The van der Waals surface area contributed by atoms with Crippen LogP contribution in [0.1, 0.15) is 20.8 Å². The summed E-state index contributed by atoms with van der Waals surface area (Å²) in [5.41, 5.74) is 0. The molecule has 0 aliphatic carbocycles. The van der Waals surface area contributed by atoms with Gasteiger partial charge in [-0.3, -0.25) is 19.2 Å². The first kappa shape index (κ1) is 19.6. The molecule has 0 bridgehead atoms. The molecule has 0 aromatic rings. The zero-order valence-electron chi connectivity index (χ0n) is 12.1. The van der Waals surface area contributed by atoms with Gasteiger partial charge in [-0.1, -0.05) is 36.4 Å². The van der Waals surface area contributed by atoms with E-state index < -0.39 is 27.8 Å². The Morgan fingerprint density at radius 3 is 2.10 bits per heavy atom. The van der Waals surface area contributed by atoms with E-state index in [1.165, 1.54) is 6.92 Å². The molecule has 0 aliphatic heterocycles. The van der Waals surface area contributed by atoms with Crippen LogP contribution in [0.25, 0.3) is 0 Å². The van der Waals surface area contributed by atoms with E-state index in [0.717, 1.165) is 0 Å². The van der Waals surface area contributed by atoms with Gasteiger partial charge in [0.2, 0.25) is 17.7 Å². The fourth-order valence-electron chi connectivity index (χ4n) is 1.12. The largest absolute Gasteiger partial charge is 0.480 e. The monoisotopic (exact) mass is 413 g/mol. The summed E-state index contributed by atoms with van der Waals surface area (Å²) in [5.74, 6) is -2.49. The summed E-state index contributed by atoms with van der Waals surface area (Å²) in [4.78, 5) is 45.0. The number of halogens is 1. The lowest BCUT2D eigenvalue weighted by Gasteiger charge is -2.15. The minimum atomic E-state index is -1.02. The zero-order valence-corrected chi connectivity index (χ0v) is 14.3. The Kier molecular flexibility index (Phi) is 8.90. The molecule has 21 heavy (non-hydrogen) atoms. The van der Waals surface area contributed by atoms with Crippen molar-refractivity contribution in [1.82, 2.24) is 16.0 Å². The third-order valence-corrected chi connectivity index (χ3v) is 3.42. The highest BCUT2D eigenvalue weighted by Crippen LogP contribution is 1.97. The van der Waals surface area contributed by atoms with E-state index in [1.54, 1.807) is 36.4 Å². The van der Waals surface area contributed by atoms with Crippen LogP contribution in [0.15, 0.2) is 0 Å². The summed E-state index contributed by atoms with van der Waals surface area (Å²) in [5, 5.41) is 15.9. The summed E-state index contributed by atoms with van der Waals surface area (Å²) >= 11 is 1.69. The van der Waals surface area contributed by atoms with Gasteiger partial charge in [-0.15, -0.1) is 0 Å². The van der Waals surface area contributed by atoms with Crippen LogP contribution in [-0.4, -0.2) is 51.9 Å². The van der Waals surface area contributed by atoms with Crippen molar-refractivity contribution in [1.29, 1.82) is 0 Å². The lowest BCUT2D eigenvalue weighted by molar-refractivity contribution is -0.136. The topological polar surface area (TPSA) is 125 Å². The molecule has 0 radical (unpaired) electrons. The number of aliphatic carboxylic acids is 1. The summed E-state index contributed by atoms with van der Waals surface area (Å²) in [6.07, 6.45) is 0. The van der Waals surface area contributed by atoms with Gasteiger partial charge < -0.3 is 21.1 Å². The van der Waals surface area contributed by atoms with E-state index in [4.69, 9.17) is 5.11 Å². The fraction of sp³-hybridized carbons (Fsp3) is 0.667. The van der Waals surface area contributed by atoms with Crippen LogP contribution in [-0.2, 0) is 19.2 Å². The molecule has 3 amide bonds. The molecular formula is C12H20IN3O5. The highest BCUT2D eigenvalue weighted by atomic mass is 127. The van der Waals surface area contributed by atoms with Crippen molar-refractivity contribution in [3.63, 3.8) is 0 Å². The highest BCUT2D eigenvalue weighted by molar-refractivity contribution is 14.1. The number of carboxylic acids is 1. The van der Waals surface area contributed by atoms with Crippen molar-refractivity contribution in [2.45, 2.75) is 30.7 Å². The van der Waals surface area contributed by atoms with Gasteiger partial charge in [0.25, 0.3) is 0 Å². The van der Waals surface area contributed by atoms with Crippen LogP contribution in [0, 0.1) is 5.92 Å². The first-order valence-electron chi connectivity index (χ1n) is 6.36. The summed E-state index contributed by atoms with van der Waals surface area (Å²) in [6.45, 7) is 4.62. The van der Waals surface area contributed by atoms with Crippen LogP contribution < -0.4 is 16.0 Å². The number of alkyl halides is 1. The number of carboxylic acid groups (broad SMARTS) is 1. The lowest BCUT2D eigenvalue weighted by atomic mass is 10.2. The number of carbonyl (C=O) groups is 4. The predicted molar refractivity (Wildman–Crippen MR) is 83.9 cm³/mol. The van der Waals surface area contributed by atoms with E-state index in [2.05, 4.69) is 16.0 Å². The van der Waals surface area contributed by atoms with Crippen molar-refractivity contribution < 1.29 is 24.3 Å². The fourth-order valence-corrected chi connectivity index (χ4v) is 1.34. The Balaban J connectivity index is 4.04. The number of nitrogens with one attached hydrogen (secondary N) is 3. The second-order valence-electron chi connectivity index (χ2n) is 4.71. The van der Waals surface area contributed by atoms with Crippen molar-refractivity contribution in [3.8, 4) is 0 Å². The van der Waals surface area contributed by atoms with Gasteiger partial charge in [0.15, 0.2) is 0 Å². The van der Waals surface area contributed by atoms with Gasteiger partial charge in [0.1, 0.15) is 9.97 Å². The molecule has 0 rings (SSSR count). The van der Waals surface area contributed by atoms with E-state index in [9.17, 15) is 19.2 Å². The van der Waals surface area contributed by atoms with Gasteiger partial charge >= 0.3 is 5.97 Å². The average molecular weight is 413 g/mol. The molecule has 0 aliphatic rings. The first-order valence-corrected chi connectivity index (χ1v) is 7.61. The molecule has 0 aromatic carbocycles. The Bertz CT molecular complexity index is 414. The third-order valence-electron chi connectivity index (χ3n) is 2.45. The second-order valence-corrected chi connectivity index (χ2v) is 6.22. The first-order chi connectivity index (χ1) is 9.65. The van der Waals surface area contributed by atoms with E-state index in [0.29, 0.717) is 0 Å². The number of hydrogen-bond acceptors (Lipinski definition) is 4. The summed E-state index contributed by atoms with van der Waals surface area (Å²) < 4.78 is -0.730. The molecule has 120 valence electrons. The molecule has 0 aromatic heterocycles. The Morgan fingerprint density at radius 1 is 1.05 bits per heavy atom. The SMILES string of the molecule is CC(C)C(=O)NC(C)C(=O)NCC(=O)NCC(I)C(=O)O. The summed E-state index contributed by atoms with van der Waals surface area (Å²) in [6, 6.07) is -0.746. The molecular weight excluding hydrogens is 393 g/mol. The van der Waals surface area contributed by atoms with Crippen LogP contribution in [0.3, 0.4) is 0 Å². The van der Waals surface area contributed by atoms with Gasteiger partial charge in [0.05, 0.1) is 6.54 Å². The molecule has 0 heterocycles. The predicted octanol–water partition coefficient (Wildman–Crippen LogP) is -0.732. The van der Waals surface area contributed by atoms with Crippen LogP contribution in [0.5, 0.6) is 0 Å². The Hall–Kier alpha value is -1.39. The van der Waals surface area contributed by atoms with Gasteiger partial charge in [-0.25, -0.2) is 0 Å². The number of rotatable bonds is 8. The quantitative estimate of drug-likeness (QED) is 0.309. The highest BCUT2D eigenvalue weighted by Gasteiger charge is 2.18. The molecule has 8 nitrogen and oxygen atoms in total. The molecule has 0 saturated carbocycles. The summed E-state index contributed by atoms with van der Waals surface area (Å²) in [7, 11) is 0. The van der Waals surface area contributed by atoms with Crippen molar-refractivity contribution in [3.05, 3.63) is 0 Å². The lowest BCUT2D eigenvalue weighted by Crippen LogP contribution is -2.48. The molecule has 9 heteroatoms. The minimum absolute atomic E-state index is 0.0236. The Morgan fingerprint density at radius 2 is 1.62 bits per heavy atom. The molecule has 0 spiro atoms. The maximum Gasteiger partial charge on any atom is 0.318 e. The molecule has 2 atom stereocenters. The van der Waals surface area contributed by atoms with E-state index in [1.807, 2.05) is 0 Å². The third kappa shape index (κ3) is 8.48. The minimum Gasteiger partial charge on any atom is -0.480 e. The van der Waals surface area contributed by atoms with Crippen molar-refractivity contribution >= 4 is 46.3 Å². The van der Waals surface area contributed by atoms with Gasteiger partial charge in [0, 0.05) is 12.5 Å². The zero-order chi connectivity index (χ0) is 16.6. The van der Waals surface area contributed by atoms with Gasteiger partial charge in [-0.05, 0) is 6.92 Å². The average Bonchev–Trinajstić information content (AvgIpc) is 2.41. The molecule has 4 N–H and O–H groups in total. The maximum absolute atomic E-state index is 11.7. The number of hydrogen-bond donors (Lipinski definition) is 4. The van der Waals surface area contributed by atoms with Crippen molar-refractivity contribution in [2.75, 3.05) is 13.1 Å². The van der Waals surface area contributed by atoms with Crippen molar-refractivity contribution in [2.24, 2.45) is 5.92 Å². The van der Waals surface area contributed by atoms with E-state index >= 15 is 0 Å². The molecule has 2 unspecified atom stereocenters. The molecule has 0 saturated heterocycles. The standard InChI is InChI=1S/C12H20IN3O5/c1-6(2)10(18)16-7(3)11(19)15-5-9(17)14-4-8(13)12(20)21/h6-8H,4-5H2,1-3H3,(H,14,17)(H,15,19)(H,16,18)(H,20,21). The van der Waals surface area contributed by atoms with Crippen LogP contribution >= 0.6 is 22.6 Å². The second kappa shape index (κ2) is 9.53.